The Morgan fingerprint density at radius 2 is 2.06 bits per heavy atom. The fourth-order valence-corrected chi connectivity index (χ4v) is 2.32. The van der Waals surface area contributed by atoms with Gasteiger partial charge in [0.2, 0.25) is 0 Å². The molecule has 0 aliphatic heterocycles. The lowest BCUT2D eigenvalue weighted by molar-refractivity contribution is 0.250. The third-order valence-electron chi connectivity index (χ3n) is 2.27. The van der Waals surface area contributed by atoms with Crippen molar-refractivity contribution in [1.29, 1.82) is 0 Å². The van der Waals surface area contributed by atoms with Gasteiger partial charge >= 0.3 is 0 Å². The van der Waals surface area contributed by atoms with E-state index in [2.05, 4.69) is 30.9 Å². The van der Waals surface area contributed by atoms with Gasteiger partial charge in [0, 0.05) is 17.9 Å². The number of hydrogen-bond acceptors (Lipinski definition) is 3. The molecule has 1 aromatic rings. The van der Waals surface area contributed by atoms with Gasteiger partial charge in [0.05, 0.1) is 6.54 Å². The number of rotatable bonds is 5. The minimum atomic E-state index is 0.265. The maximum Gasteiger partial charge on any atom is 0.0555 e. The third kappa shape index (κ3) is 5.78. The molecule has 0 fully saturated rings. The molecule has 92 valence electrons. The van der Waals surface area contributed by atoms with Crippen molar-refractivity contribution < 1.29 is 5.11 Å². The topological polar surface area (TPSA) is 46.2 Å². The highest BCUT2D eigenvalue weighted by Gasteiger charge is 2.00. The van der Waals surface area contributed by atoms with Gasteiger partial charge in [0.1, 0.15) is 0 Å². The lowest BCUT2D eigenvalue weighted by Gasteiger charge is -2.07. The summed E-state index contributed by atoms with van der Waals surface area (Å²) < 4.78 is 0. The number of benzene rings is 1. The molecule has 0 aliphatic carbocycles. The van der Waals surface area contributed by atoms with Gasteiger partial charge in [-0.3, -0.25) is 0 Å². The number of thioether (sulfide) groups is 1. The summed E-state index contributed by atoms with van der Waals surface area (Å²) in [7, 11) is 0. The second-order valence-corrected chi connectivity index (χ2v) is 5.04. The van der Waals surface area contributed by atoms with E-state index in [1.165, 1.54) is 5.56 Å². The summed E-state index contributed by atoms with van der Waals surface area (Å²) in [5, 5.41) is 8.91. The van der Waals surface area contributed by atoms with Gasteiger partial charge in [-0.25, -0.2) is 0 Å². The van der Waals surface area contributed by atoms with Gasteiger partial charge in [0.15, 0.2) is 0 Å². The summed E-state index contributed by atoms with van der Waals surface area (Å²) in [5.74, 6) is 8.18. The molecular weight excluding hydrogens is 230 g/mol. The summed E-state index contributed by atoms with van der Waals surface area (Å²) >= 11 is 1.85. The van der Waals surface area contributed by atoms with Crippen LogP contribution in [0.2, 0.25) is 0 Å². The summed E-state index contributed by atoms with van der Waals surface area (Å²) in [5.41, 5.74) is 7.61. The van der Waals surface area contributed by atoms with Crippen LogP contribution in [0.4, 0.5) is 0 Å². The molecule has 17 heavy (non-hydrogen) atoms. The van der Waals surface area contributed by atoms with E-state index in [4.69, 9.17) is 10.8 Å². The average molecular weight is 249 g/mol. The molecule has 0 spiro atoms. The molecule has 0 amide bonds. The highest BCUT2D eigenvalue weighted by Crippen LogP contribution is 2.15. The van der Waals surface area contributed by atoms with E-state index >= 15 is 0 Å². The fourth-order valence-electron chi connectivity index (χ4n) is 1.27. The molecule has 3 heteroatoms. The molecule has 0 heterocycles. The molecule has 2 nitrogen and oxygen atoms in total. The lowest BCUT2D eigenvalue weighted by atomic mass is 10.1. The largest absolute Gasteiger partial charge is 0.396 e. The summed E-state index contributed by atoms with van der Waals surface area (Å²) in [6.07, 6.45) is 0. The Morgan fingerprint density at radius 1 is 1.35 bits per heavy atom. The first-order chi connectivity index (χ1) is 8.26. The standard InChI is InChI=1S/C14H19NOS/c1-12(9-16)10-17-11-14-6-4-13(5-7-14)3-2-8-15/h4-7,12,16H,8-11,15H2,1H3. The monoisotopic (exact) mass is 249 g/mol. The molecule has 0 radical (unpaired) electrons. The van der Waals surface area contributed by atoms with Gasteiger partial charge in [0.25, 0.3) is 0 Å². The number of aliphatic hydroxyl groups excluding tert-OH is 1. The summed E-state index contributed by atoms with van der Waals surface area (Å²) in [6, 6.07) is 8.23. The Balaban J connectivity index is 2.40. The number of aliphatic hydroxyl groups is 1. The first-order valence-electron chi connectivity index (χ1n) is 5.72. The Bertz CT molecular complexity index is 377. The predicted octanol–water partition coefficient (Wildman–Crippen LogP) is 1.86. The maximum atomic E-state index is 8.91. The van der Waals surface area contributed by atoms with Crippen LogP contribution in [-0.2, 0) is 5.75 Å². The van der Waals surface area contributed by atoms with Gasteiger partial charge < -0.3 is 10.8 Å². The van der Waals surface area contributed by atoms with Crippen molar-refractivity contribution in [2.45, 2.75) is 12.7 Å². The van der Waals surface area contributed by atoms with E-state index in [0.29, 0.717) is 12.5 Å². The number of hydrogen-bond donors (Lipinski definition) is 2. The van der Waals surface area contributed by atoms with E-state index in [1.807, 2.05) is 23.9 Å². The second kappa shape index (κ2) is 8.19. The van der Waals surface area contributed by atoms with Crippen molar-refractivity contribution in [2.75, 3.05) is 18.9 Å². The molecule has 0 aliphatic rings. The molecule has 1 unspecified atom stereocenters. The average Bonchev–Trinajstić information content (AvgIpc) is 2.37. The van der Waals surface area contributed by atoms with Crippen molar-refractivity contribution in [3.63, 3.8) is 0 Å². The van der Waals surface area contributed by atoms with Gasteiger partial charge in [-0.2, -0.15) is 11.8 Å². The van der Waals surface area contributed by atoms with Crippen molar-refractivity contribution in [3.8, 4) is 11.8 Å². The van der Waals surface area contributed by atoms with Crippen LogP contribution >= 0.6 is 11.8 Å². The lowest BCUT2D eigenvalue weighted by Crippen LogP contribution is -2.03. The highest BCUT2D eigenvalue weighted by atomic mass is 32.2. The molecule has 3 N–H and O–H groups in total. The van der Waals surface area contributed by atoms with Crippen molar-refractivity contribution >= 4 is 11.8 Å². The second-order valence-electron chi connectivity index (χ2n) is 4.01. The van der Waals surface area contributed by atoms with Crippen molar-refractivity contribution in [3.05, 3.63) is 35.4 Å². The van der Waals surface area contributed by atoms with Gasteiger partial charge in [-0.05, 0) is 29.4 Å². The molecule has 0 saturated heterocycles. The van der Waals surface area contributed by atoms with Gasteiger partial charge in [-0.1, -0.05) is 30.9 Å². The van der Waals surface area contributed by atoms with Crippen LogP contribution in [0, 0.1) is 17.8 Å². The Labute approximate surface area is 108 Å². The van der Waals surface area contributed by atoms with E-state index in [1.54, 1.807) is 0 Å². The van der Waals surface area contributed by atoms with E-state index in [0.717, 1.165) is 17.1 Å². The van der Waals surface area contributed by atoms with E-state index < -0.39 is 0 Å². The Hall–Kier alpha value is -0.950. The Morgan fingerprint density at radius 3 is 2.65 bits per heavy atom. The fraction of sp³-hybridized carbons (Fsp3) is 0.429. The van der Waals surface area contributed by atoms with Crippen LogP contribution in [0.25, 0.3) is 0 Å². The molecule has 1 aromatic carbocycles. The normalized spacial score (nSPS) is 11.7. The van der Waals surface area contributed by atoms with Crippen molar-refractivity contribution in [1.82, 2.24) is 0 Å². The third-order valence-corrected chi connectivity index (χ3v) is 3.61. The van der Waals surface area contributed by atoms with Crippen molar-refractivity contribution in [2.24, 2.45) is 11.7 Å². The van der Waals surface area contributed by atoms with Gasteiger partial charge in [-0.15, -0.1) is 0 Å². The minimum absolute atomic E-state index is 0.265. The zero-order valence-corrected chi connectivity index (χ0v) is 11.0. The zero-order chi connectivity index (χ0) is 12.5. The van der Waals surface area contributed by atoms with Crippen LogP contribution in [0.5, 0.6) is 0 Å². The SMILES string of the molecule is CC(CO)CSCc1ccc(C#CCN)cc1. The van der Waals surface area contributed by atoms with Crippen LogP contribution < -0.4 is 5.73 Å². The minimum Gasteiger partial charge on any atom is -0.396 e. The smallest absolute Gasteiger partial charge is 0.0555 e. The predicted molar refractivity (Wildman–Crippen MR) is 74.8 cm³/mol. The maximum absolute atomic E-state index is 8.91. The van der Waals surface area contributed by atoms with Crippen LogP contribution in [0.15, 0.2) is 24.3 Å². The van der Waals surface area contributed by atoms with Crippen LogP contribution in [0.3, 0.4) is 0 Å². The van der Waals surface area contributed by atoms with E-state index in [9.17, 15) is 0 Å². The first-order valence-corrected chi connectivity index (χ1v) is 6.88. The summed E-state index contributed by atoms with van der Waals surface area (Å²) in [4.78, 5) is 0. The zero-order valence-electron chi connectivity index (χ0n) is 10.1. The number of nitrogens with two attached hydrogens (primary N) is 1. The first kappa shape index (κ1) is 14.1. The molecule has 1 rings (SSSR count). The summed E-state index contributed by atoms with van der Waals surface area (Å²) in [6.45, 7) is 2.72. The quantitative estimate of drug-likeness (QED) is 0.783. The van der Waals surface area contributed by atoms with Crippen LogP contribution in [-0.4, -0.2) is 24.0 Å². The molecule has 0 saturated carbocycles. The molecular formula is C14H19NOS. The Kier molecular flexibility index (Phi) is 6.80. The molecule has 0 bridgehead atoms. The molecule has 0 aromatic heterocycles. The molecule has 1 atom stereocenters. The van der Waals surface area contributed by atoms with E-state index in [-0.39, 0.29) is 6.61 Å². The highest BCUT2D eigenvalue weighted by molar-refractivity contribution is 7.98. The van der Waals surface area contributed by atoms with Crippen LogP contribution in [0.1, 0.15) is 18.1 Å².